The highest BCUT2D eigenvalue weighted by Crippen LogP contribution is 2.33. The molecular weight excluding hydrogens is 376 g/mol. The molecule has 118 valence electrons. The van der Waals surface area contributed by atoms with Crippen LogP contribution in [0.2, 0.25) is 0 Å². The Labute approximate surface area is 144 Å². The summed E-state index contributed by atoms with van der Waals surface area (Å²) in [5.74, 6) is -1.75. The highest BCUT2D eigenvalue weighted by molar-refractivity contribution is 9.10. The fourth-order valence-corrected chi connectivity index (χ4v) is 3.30. The maximum absolute atomic E-state index is 12.6. The molecular formula is C17H9BrN2O4. The smallest absolute Gasteiger partial charge is 0.266 e. The Morgan fingerprint density at radius 2 is 1.25 bits per heavy atom. The second-order valence-electron chi connectivity index (χ2n) is 5.53. The minimum Gasteiger partial charge on any atom is -0.277 e. The van der Waals surface area contributed by atoms with Crippen molar-refractivity contribution >= 4 is 45.2 Å². The van der Waals surface area contributed by atoms with Crippen LogP contribution in [-0.4, -0.2) is 35.6 Å². The number of halogens is 1. The summed E-state index contributed by atoms with van der Waals surface area (Å²) in [6.07, 6.45) is 0. The van der Waals surface area contributed by atoms with E-state index in [1.807, 2.05) is 0 Å². The fourth-order valence-electron chi connectivity index (χ4n) is 2.94. The average Bonchev–Trinajstić information content (AvgIpc) is 2.94. The summed E-state index contributed by atoms with van der Waals surface area (Å²) in [7, 11) is 1.39. The van der Waals surface area contributed by atoms with Crippen molar-refractivity contribution in [3.05, 3.63) is 63.1 Å². The van der Waals surface area contributed by atoms with E-state index < -0.39 is 23.6 Å². The van der Waals surface area contributed by atoms with Gasteiger partial charge in [-0.2, -0.15) is 0 Å². The summed E-state index contributed by atoms with van der Waals surface area (Å²) in [6, 6.07) is 9.23. The van der Waals surface area contributed by atoms with Gasteiger partial charge >= 0.3 is 0 Å². The molecule has 2 aliphatic heterocycles. The average molecular weight is 385 g/mol. The molecule has 0 saturated heterocycles. The molecule has 0 aliphatic carbocycles. The molecule has 7 heteroatoms. The van der Waals surface area contributed by atoms with Crippen LogP contribution < -0.4 is 4.90 Å². The lowest BCUT2D eigenvalue weighted by Crippen LogP contribution is -2.29. The Morgan fingerprint density at radius 3 is 2.00 bits per heavy atom. The van der Waals surface area contributed by atoms with Gasteiger partial charge in [-0.05, 0) is 36.4 Å². The summed E-state index contributed by atoms with van der Waals surface area (Å²) in [6.45, 7) is 0. The lowest BCUT2D eigenvalue weighted by molar-refractivity contribution is 0.0692. The molecule has 0 N–H and O–H groups in total. The lowest BCUT2D eigenvalue weighted by atomic mass is 10.1. The molecule has 2 aliphatic rings. The summed E-state index contributed by atoms with van der Waals surface area (Å²) in [5.41, 5.74) is 1.34. The molecule has 2 aromatic rings. The first-order chi connectivity index (χ1) is 11.4. The first kappa shape index (κ1) is 14.8. The van der Waals surface area contributed by atoms with Crippen LogP contribution in [0.15, 0.2) is 40.9 Å². The van der Waals surface area contributed by atoms with Crippen molar-refractivity contribution in [2.75, 3.05) is 11.9 Å². The van der Waals surface area contributed by atoms with E-state index in [1.165, 1.54) is 25.2 Å². The summed E-state index contributed by atoms with van der Waals surface area (Å²) in [4.78, 5) is 51.2. The van der Waals surface area contributed by atoms with Gasteiger partial charge in [-0.1, -0.05) is 15.9 Å². The second kappa shape index (κ2) is 4.85. The Morgan fingerprint density at radius 1 is 0.708 bits per heavy atom. The number of benzene rings is 2. The SMILES string of the molecule is CN1C(=O)c2ccc(N3C(=O)c4ccc(Br)cc4C3=O)cc2C1=O. The standard InChI is InChI=1S/C17H9BrN2O4/c1-19-14(21)10-5-3-9(7-13(10)15(19)22)20-16(23)11-4-2-8(18)6-12(11)17(20)24/h2-7H,1H3. The summed E-state index contributed by atoms with van der Waals surface area (Å²) in [5, 5.41) is 0. The largest absolute Gasteiger partial charge is 0.277 e. The number of fused-ring (bicyclic) bond motifs is 2. The maximum atomic E-state index is 12.6. The molecule has 6 nitrogen and oxygen atoms in total. The molecule has 2 aromatic carbocycles. The predicted molar refractivity (Wildman–Crippen MR) is 88.1 cm³/mol. The number of carbonyl (C=O) groups excluding carboxylic acids is 4. The second-order valence-corrected chi connectivity index (χ2v) is 6.45. The van der Waals surface area contributed by atoms with Crippen LogP contribution in [0.25, 0.3) is 0 Å². The highest BCUT2D eigenvalue weighted by atomic mass is 79.9. The van der Waals surface area contributed by atoms with Gasteiger partial charge in [-0.15, -0.1) is 0 Å². The molecule has 0 fully saturated rings. The molecule has 0 radical (unpaired) electrons. The molecule has 4 amide bonds. The van der Waals surface area contributed by atoms with Crippen LogP contribution in [0.5, 0.6) is 0 Å². The van der Waals surface area contributed by atoms with E-state index in [0.29, 0.717) is 15.6 Å². The number of nitrogens with zero attached hydrogens (tertiary/aromatic N) is 2. The Kier molecular flexibility index (Phi) is 2.98. The van der Waals surface area contributed by atoms with Crippen LogP contribution >= 0.6 is 15.9 Å². The van der Waals surface area contributed by atoms with Crippen molar-refractivity contribution in [1.29, 1.82) is 0 Å². The Bertz CT molecular complexity index is 983. The van der Waals surface area contributed by atoms with Crippen LogP contribution in [0.1, 0.15) is 41.4 Å². The van der Waals surface area contributed by atoms with Gasteiger partial charge in [0, 0.05) is 11.5 Å². The Hall–Kier alpha value is -2.80. The van der Waals surface area contributed by atoms with E-state index in [1.54, 1.807) is 18.2 Å². The first-order valence-electron chi connectivity index (χ1n) is 7.05. The molecule has 0 unspecified atom stereocenters. The van der Waals surface area contributed by atoms with Crippen molar-refractivity contribution in [3.8, 4) is 0 Å². The molecule has 0 aromatic heterocycles. The normalized spacial score (nSPS) is 16.1. The Balaban J connectivity index is 1.82. The fraction of sp³-hybridized carbons (Fsp3) is 0.0588. The van der Waals surface area contributed by atoms with Crippen LogP contribution in [0.3, 0.4) is 0 Å². The summed E-state index contributed by atoms with van der Waals surface area (Å²) < 4.78 is 0.695. The van der Waals surface area contributed by atoms with Gasteiger partial charge < -0.3 is 0 Å². The molecule has 4 rings (SSSR count). The quantitative estimate of drug-likeness (QED) is 0.707. The number of anilines is 1. The number of imide groups is 2. The van der Waals surface area contributed by atoms with E-state index in [9.17, 15) is 19.2 Å². The van der Waals surface area contributed by atoms with E-state index in [2.05, 4.69) is 15.9 Å². The van der Waals surface area contributed by atoms with Gasteiger partial charge in [-0.3, -0.25) is 24.1 Å². The number of amides is 4. The van der Waals surface area contributed by atoms with Crippen molar-refractivity contribution in [3.63, 3.8) is 0 Å². The molecule has 0 atom stereocenters. The van der Waals surface area contributed by atoms with Crippen molar-refractivity contribution in [2.45, 2.75) is 0 Å². The van der Waals surface area contributed by atoms with E-state index in [-0.39, 0.29) is 16.8 Å². The van der Waals surface area contributed by atoms with Gasteiger partial charge in [0.25, 0.3) is 23.6 Å². The van der Waals surface area contributed by atoms with Gasteiger partial charge in [0.15, 0.2) is 0 Å². The first-order valence-corrected chi connectivity index (χ1v) is 7.84. The minimum atomic E-state index is -0.457. The van der Waals surface area contributed by atoms with Crippen LogP contribution in [0, 0.1) is 0 Å². The zero-order valence-corrected chi connectivity index (χ0v) is 14.0. The van der Waals surface area contributed by atoms with Crippen molar-refractivity contribution < 1.29 is 19.2 Å². The molecule has 24 heavy (non-hydrogen) atoms. The number of hydrogen-bond acceptors (Lipinski definition) is 4. The minimum absolute atomic E-state index is 0.192. The zero-order chi connectivity index (χ0) is 17.2. The number of hydrogen-bond donors (Lipinski definition) is 0. The third-order valence-corrected chi connectivity index (χ3v) is 4.67. The van der Waals surface area contributed by atoms with Crippen LogP contribution in [0.4, 0.5) is 5.69 Å². The lowest BCUT2D eigenvalue weighted by Gasteiger charge is -2.14. The molecule has 2 heterocycles. The van der Waals surface area contributed by atoms with E-state index >= 15 is 0 Å². The summed E-state index contributed by atoms with van der Waals surface area (Å²) >= 11 is 3.28. The topological polar surface area (TPSA) is 74.8 Å². The number of rotatable bonds is 1. The van der Waals surface area contributed by atoms with Crippen molar-refractivity contribution in [1.82, 2.24) is 4.90 Å². The molecule has 0 saturated carbocycles. The van der Waals surface area contributed by atoms with Crippen molar-refractivity contribution in [2.24, 2.45) is 0 Å². The van der Waals surface area contributed by atoms with E-state index in [4.69, 9.17) is 0 Å². The highest BCUT2D eigenvalue weighted by Gasteiger charge is 2.39. The van der Waals surface area contributed by atoms with Gasteiger partial charge in [0.05, 0.1) is 27.9 Å². The van der Waals surface area contributed by atoms with Gasteiger partial charge in [-0.25, -0.2) is 4.90 Å². The maximum Gasteiger partial charge on any atom is 0.266 e. The van der Waals surface area contributed by atoms with Gasteiger partial charge in [0.1, 0.15) is 0 Å². The third kappa shape index (κ3) is 1.81. The molecule has 0 spiro atoms. The predicted octanol–water partition coefficient (Wildman–Crippen LogP) is 2.48. The van der Waals surface area contributed by atoms with Crippen LogP contribution in [-0.2, 0) is 0 Å². The third-order valence-electron chi connectivity index (χ3n) is 4.18. The zero-order valence-electron chi connectivity index (χ0n) is 12.4. The number of carbonyl (C=O) groups is 4. The van der Waals surface area contributed by atoms with Gasteiger partial charge in [0.2, 0.25) is 0 Å². The molecule has 0 bridgehead atoms. The monoisotopic (exact) mass is 384 g/mol. The van der Waals surface area contributed by atoms with E-state index in [0.717, 1.165) is 9.80 Å².